The van der Waals surface area contributed by atoms with Gasteiger partial charge in [-0.25, -0.2) is 8.42 Å². The van der Waals surface area contributed by atoms with Gasteiger partial charge in [0.15, 0.2) is 0 Å². The van der Waals surface area contributed by atoms with E-state index in [0.29, 0.717) is 11.3 Å². The third kappa shape index (κ3) is 3.16. The van der Waals surface area contributed by atoms with Crippen LogP contribution in [-0.2, 0) is 16.4 Å². The molecule has 0 spiro atoms. The summed E-state index contributed by atoms with van der Waals surface area (Å²) in [6.45, 7) is 2.00. The Hall–Kier alpha value is -2.32. The minimum atomic E-state index is -3.67. The fourth-order valence-corrected chi connectivity index (χ4v) is 2.90. The third-order valence-corrected chi connectivity index (χ3v) is 4.24. The normalized spacial score (nSPS) is 10.8. The molecule has 0 amide bonds. The van der Waals surface area contributed by atoms with Crippen molar-refractivity contribution in [2.24, 2.45) is 0 Å². The van der Waals surface area contributed by atoms with E-state index in [1.165, 1.54) is 12.1 Å². The summed E-state index contributed by atoms with van der Waals surface area (Å²) in [5.41, 5.74) is 1.89. The fraction of sp³-hybridized carbons (Fsp3) is 0.133. The lowest BCUT2D eigenvalue weighted by Gasteiger charge is -2.09. The highest BCUT2D eigenvalue weighted by Crippen LogP contribution is 2.18. The molecular weight excluding hydrogens is 272 g/mol. The predicted molar refractivity (Wildman–Crippen MR) is 77.8 cm³/mol. The van der Waals surface area contributed by atoms with Gasteiger partial charge in [-0.05, 0) is 42.3 Å². The first kappa shape index (κ1) is 14.1. The van der Waals surface area contributed by atoms with Crippen molar-refractivity contribution in [3.8, 4) is 6.07 Å². The first-order chi connectivity index (χ1) is 9.55. The maximum atomic E-state index is 12.2. The van der Waals surface area contributed by atoms with Gasteiger partial charge in [-0.15, -0.1) is 0 Å². The number of rotatable bonds is 4. The van der Waals surface area contributed by atoms with Gasteiger partial charge < -0.3 is 0 Å². The molecule has 0 unspecified atom stereocenters. The number of hydrogen-bond acceptors (Lipinski definition) is 3. The van der Waals surface area contributed by atoms with Crippen molar-refractivity contribution >= 4 is 15.7 Å². The predicted octanol–water partition coefficient (Wildman–Crippen LogP) is 2.92. The lowest BCUT2D eigenvalue weighted by atomic mass is 10.1. The molecule has 20 heavy (non-hydrogen) atoms. The SMILES string of the molecule is CCc1cccc(NS(=O)(=O)c2cccc(C#N)c2)c1. The lowest BCUT2D eigenvalue weighted by molar-refractivity contribution is 0.601. The van der Waals surface area contributed by atoms with Crippen LogP contribution in [0.5, 0.6) is 0 Å². The van der Waals surface area contributed by atoms with Gasteiger partial charge in [0.25, 0.3) is 10.0 Å². The molecule has 0 bridgehead atoms. The Bertz CT molecular complexity index is 761. The molecule has 0 aromatic heterocycles. The first-order valence-corrected chi connectivity index (χ1v) is 7.65. The van der Waals surface area contributed by atoms with Gasteiger partial charge in [0.05, 0.1) is 16.5 Å². The second kappa shape index (κ2) is 5.76. The molecule has 0 aliphatic heterocycles. The zero-order chi connectivity index (χ0) is 14.6. The molecule has 0 heterocycles. The summed E-state index contributed by atoms with van der Waals surface area (Å²) in [5, 5.41) is 8.82. The highest BCUT2D eigenvalue weighted by Gasteiger charge is 2.14. The molecular formula is C15H14N2O2S. The van der Waals surface area contributed by atoms with Gasteiger partial charge in [0.2, 0.25) is 0 Å². The molecule has 0 fully saturated rings. The monoisotopic (exact) mass is 286 g/mol. The Morgan fingerprint density at radius 3 is 2.60 bits per heavy atom. The highest BCUT2D eigenvalue weighted by atomic mass is 32.2. The van der Waals surface area contributed by atoms with Crippen molar-refractivity contribution in [3.05, 3.63) is 59.7 Å². The Balaban J connectivity index is 2.33. The van der Waals surface area contributed by atoms with Gasteiger partial charge >= 0.3 is 0 Å². The van der Waals surface area contributed by atoms with Crippen LogP contribution in [-0.4, -0.2) is 8.42 Å². The van der Waals surface area contributed by atoms with Crippen LogP contribution in [0.15, 0.2) is 53.4 Å². The first-order valence-electron chi connectivity index (χ1n) is 6.17. The van der Waals surface area contributed by atoms with E-state index in [-0.39, 0.29) is 4.90 Å². The van der Waals surface area contributed by atoms with Crippen LogP contribution in [0, 0.1) is 11.3 Å². The van der Waals surface area contributed by atoms with Crippen molar-refractivity contribution in [1.29, 1.82) is 5.26 Å². The van der Waals surface area contributed by atoms with E-state index in [9.17, 15) is 8.42 Å². The van der Waals surface area contributed by atoms with Crippen molar-refractivity contribution in [1.82, 2.24) is 0 Å². The Morgan fingerprint density at radius 1 is 1.15 bits per heavy atom. The third-order valence-electron chi connectivity index (χ3n) is 2.86. The van der Waals surface area contributed by atoms with Crippen molar-refractivity contribution in [3.63, 3.8) is 0 Å². The summed E-state index contributed by atoms with van der Waals surface area (Å²) < 4.78 is 27.0. The molecule has 0 radical (unpaired) electrons. The van der Waals surface area contributed by atoms with Crippen LogP contribution in [0.2, 0.25) is 0 Å². The Kier molecular flexibility index (Phi) is 4.06. The molecule has 0 aliphatic carbocycles. The molecule has 0 aliphatic rings. The molecule has 2 rings (SSSR count). The van der Waals surface area contributed by atoms with Crippen LogP contribution in [0.3, 0.4) is 0 Å². The molecule has 5 heteroatoms. The van der Waals surface area contributed by atoms with E-state index < -0.39 is 10.0 Å². The molecule has 4 nitrogen and oxygen atoms in total. The number of nitriles is 1. The summed E-state index contributed by atoms with van der Waals surface area (Å²) in [6, 6.07) is 15.1. The highest BCUT2D eigenvalue weighted by molar-refractivity contribution is 7.92. The van der Waals surface area contributed by atoms with Crippen molar-refractivity contribution < 1.29 is 8.42 Å². The zero-order valence-electron chi connectivity index (χ0n) is 11.0. The maximum Gasteiger partial charge on any atom is 0.261 e. The topological polar surface area (TPSA) is 70.0 Å². The number of nitrogens with one attached hydrogen (secondary N) is 1. The number of benzene rings is 2. The van der Waals surface area contributed by atoms with Gasteiger partial charge in [0, 0.05) is 5.69 Å². The minimum Gasteiger partial charge on any atom is -0.280 e. The zero-order valence-corrected chi connectivity index (χ0v) is 11.8. The molecule has 1 N–H and O–H groups in total. The minimum absolute atomic E-state index is 0.0819. The van der Waals surface area contributed by atoms with Crippen molar-refractivity contribution in [2.45, 2.75) is 18.2 Å². The van der Waals surface area contributed by atoms with Crippen molar-refractivity contribution in [2.75, 3.05) is 4.72 Å². The van der Waals surface area contributed by atoms with E-state index in [2.05, 4.69) is 4.72 Å². The smallest absolute Gasteiger partial charge is 0.261 e. The fourth-order valence-electron chi connectivity index (χ4n) is 1.80. The van der Waals surface area contributed by atoms with E-state index in [1.54, 1.807) is 24.3 Å². The molecule has 2 aromatic carbocycles. The summed E-state index contributed by atoms with van der Waals surface area (Å²) in [5.74, 6) is 0. The van der Waals surface area contributed by atoms with Gasteiger partial charge in [-0.1, -0.05) is 25.1 Å². The van der Waals surface area contributed by atoms with E-state index in [1.807, 2.05) is 25.1 Å². The van der Waals surface area contributed by atoms with Crippen LogP contribution >= 0.6 is 0 Å². The number of anilines is 1. The maximum absolute atomic E-state index is 12.2. The summed E-state index contributed by atoms with van der Waals surface area (Å²) in [4.78, 5) is 0.0819. The van der Waals surface area contributed by atoms with Gasteiger partial charge in [-0.3, -0.25) is 4.72 Å². The summed E-state index contributed by atoms with van der Waals surface area (Å²) in [7, 11) is -3.67. The van der Waals surface area contributed by atoms with E-state index >= 15 is 0 Å². The second-order valence-electron chi connectivity index (χ2n) is 4.30. The number of hydrogen-bond donors (Lipinski definition) is 1. The van der Waals surface area contributed by atoms with Crippen LogP contribution < -0.4 is 4.72 Å². The Morgan fingerprint density at radius 2 is 1.90 bits per heavy atom. The number of sulfonamides is 1. The number of aryl methyl sites for hydroxylation is 1. The standard InChI is InChI=1S/C15H14N2O2S/c1-2-12-5-3-7-14(9-12)17-20(18,19)15-8-4-6-13(10-15)11-16/h3-10,17H,2H2,1H3. The largest absolute Gasteiger partial charge is 0.280 e. The lowest BCUT2D eigenvalue weighted by Crippen LogP contribution is -2.13. The summed E-state index contributed by atoms with van der Waals surface area (Å²) >= 11 is 0. The Labute approximate surface area is 118 Å². The molecule has 102 valence electrons. The van der Waals surface area contributed by atoms with Gasteiger partial charge in [-0.2, -0.15) is 5.26 Å². The average molecular weight is 286 g/mol. The molecule has 2 aromatic rings. The van der Waals surface area contributed by atoms with E-state index in [4.69, 9.17) is 5.26 Å². The quantitative estimate of drug-likeness (QED) is 0.939. The molecule has 0 saturated carbocycles. The molecule has 0 atom stereocenters. The van der Waals surface area contributed by atoms with Gasteiger partial charge in [0.1, 0.15) is 0 Å². The van der Waals surface area contributed by atoms with Crippen LogP contribution in [0.25, 0.3) is 0 Å². The second-order valence-corrected chi connectivity index (χ2v) is 5.98. The summed E-state index contributed by atoms with van der Waals surface area (Å²) in [6.07, 6.45) is 0.833. The van der Waals surface area contributed by atoms with Crippen LogP contribution in [0.1, 0.15) is 18.1 Å². The van der Waals surface area contributed by atoms with Crippen LogP contribution in [0.4, 0.5) is 5.69 Å². The average Bonchev–Trinajstić information content (AvgIpc) is 2.47. The van der Waals surface area contributed by atoms with E-state index in [0.717, 1.165) is 12.0 Å². The number of nitrogens with zero attached hydrogens (tertiary/aromatic N) is 1. The molecule has 0 saturated heterocycles.